The van der Waals surface area contributed by atoms with Crippen molar-refractivity contribution in [3.63, 3.8) is 0 Å². The van der Waals surface area contributed by atoms with Crippen LogP contribution in [0.2, 0.25) is 0 Å². The molecule has 0 spiro atoms. The summed E-state index contributed by atoms with van der Waals surface area (Å²) in [5.74, 6) is 1.06. The van der Waals surface area contributed by atoms with Gasteiger partial charge in [-0.05, 0) is 43.0 Å². The highest BCUT2D eigenvalue weighted by molar-refractivity contribution is 6.01. The Hall–Kier alpha value is -2.43. The van der Waals surface area contributed by atoms with Crippen LogP contribution >= 0.6 is 0 Å². The zero-order valence-corrected chi connectivity index (χ0v) is 13.3. The predicted octanol–water partition coefficient (Wildman–Crippen LogP) is 3.80. The van der Waals surface area contributed by atoms with Crippen molar-refractivity contribution in [3.05, 3.63) is 35.0 Å². The molecule has 0 bridgehead atoms. The van der Waals surface area contributed by atoms with Gasteiger partial charge in [0.05, 0.1) is 22.8 Å². The van der Waals surface area contributed by atoms with Gasteiger partial charge in [-0.3, -0.25) is 9.89 Å². The quantitative estimate of drug-likeness (QED) is 0.719. The number of carbonyl (C=O) groups is 1. The van der Waals surface area contributed by atoms with Crippen LogP contribution in [0.3, 0.4) is 0 Å². The number of ketones is 1. The van der Waals surface area contributed by atoms with Crippen molar-refractivity contribution in [1.82, 2.24) is 20.2 Å². The number of benzene rings is 1. The Morgan fingerprint density at radius 2 is 1.95 bits per heavy atom. The molecule has 5 heteroatoms. The van der Waals surface area contributed by atoms with Crippen LogP contribution in [0.15, 0.2) is 18.3 Å². The Morgan fingerprint density at radius 1 is 1.23 bits per heavy atom. The summed E-state index contributed by atoms with van der Waals surface area (Å²) in [7, 11) is 0. The van der Waals surface area contributed by atoms with E-state index in [-0.39, 0.29) is 5.78 Å². The normalized spacial score (nSPS) is 11.5. The number of H-pyrrole nitrogens is 2. The topological polar surface area (TPSA) is 74.4 Å². The molecule has 0 saturated carbocycles. The van der Waals surface area contributed by atoms with E-state index < -0.39 is 0 Å². The van der Waals surface area contributed by atoms with E-state index in [2.05, 4.69) is 46.1 Å². The number of nitrogens with one attached hydrogen (secondary N) is 2. The van der Waals surface area contributed by atoms with E-state index in [0.29, 0.717) is 29.4 Å². The summed E-state index contributed by atoms with van der Waals surface area (Å²) in [4.78, 5) is 20.2. The molecule has 0 saturated heterocycles. The molecule has 0 aliphatic rings. The van der Waals surface area contributed by atoms with Gasteiger partial charge in [0.15, 0.2) is 11.6 Å². The molecule has 0 unspecified atom stereocenters. The van der Waals surface area contributed by atoms with Gasteiger partial charge in [0, 0.05) is 6.42 Å². The number of carbonyl (C=O) groups excluding carboxylic acids is 1. The molecule has 22 heavy (non-hydrogen) atoms. The van der Waals surface area contributed by atoms with Crippen molar-refractivity contribution in [2.75, 3.05) is 0 Å². The molecule has 0 aliphatic carbocycles. The first-order valence-corrected chi connectivity index (χ1v) is 7.49. The van der Waals surface area contributed by atoms with Crippen LogP contribution in [0.4, 0.5) is 0 Å². The van der Waals surface area contributed by atoms with Gasteiger partial charge in [-0.1, -0.05) is 13.8 Å². The number of imidazole rings is 1. The highest BCUT2D eigenvalue weighted by Gasteiger charge is 2.18. The molecule has 2 heterocycles. The second kappa shape index (κ2) is 5.40. The lowest BCUT2D eigenvalue weighted by molar-refractivity contribution is 0.0968. The van der Waals surface area contributed by atoms with E-state index in [1.165, 1.54) is 11.1 Å². The summed E-state index contributed by atoms with van der Waals surface area (Å²) in [5.41, 5.74) is 5.54. The predicted molar refractivity (Wildman–Crippen MR) is 86.9 cm³/mol. The number of aromatic amines is 2. The lowest BCUT2D eigenvalue weighted by Gasteiger charge is -2.03. The Balaban J connectivity index is 2.05. The molecular weight excluding hydrogens is 276 g/mol. The number of hydrogen-bond donors (Lipinski definition) is 2. The van der Waals surface area contributed by atoms with Crippen molar-refractivity contribution in [2.45, 2.75) is 34.1 Å². The largest absolute Gasteiger partial charge is 0.337 e. The van der Waals surface area contributed by atoms with E-state index >= 15 is 0 Å². The number of aromatic nitrogens is 4. The SMILES string of the molecule is Cc1cc2nc(-c3[nH]ncc3C(=O)CC(C)C)[nH]c2cc1C. The third-order valence-electron chi connectivity index (χ3n) is 3.87. The average Bonchev–Trinajstić information content (AvgIpc) is 3.04. The number of hydrogen-bond acceptors (Lipinski definition) is 3. The van der Waals surface area contributed by atoms with Gasteiger partial charge in [-0.25, -0.2) is 4.98 Å². The third-order valence-corrected chi connectivity index (χ3v) is 3.87. The van der Waals surface area contributed by atoms with Crippen molar-refractivity contribution >= 4 is 16.8 Å². The number of aryl methyl sites for hydroxylation is 2. The minimum absolute atomic E-state index is 0.0894. The Kier molecular flexibility index (Phi) is 3.56. The fourth-order valence-corrected chi connectivity index (χ4v) is 2.55. The molecular formula is C17H20N4O. The lowest BCUT2D eigenvalue weighted by atomic mass is 10.0. The van der Waals surface area contributed by atoms with E-state index in [1.54, 1.807) is 6.20 Å². The van der Waals surface area contributed by atoms with Crippen LogP contribution in [0.1, 0.15) is 41.8 Å². The van der Waals surface area contributed by atoms with Gasteiger partial charge in [0.1, 0.15) is 5.69 Å². The lowest BCUT2D eigenvalue weighted by Crippen LogP contribution is -2.04. The van der Waals surface area contributed by atoms with Gasteiger partial charge in [0.2, 0.25) is 0 Å². The second-order valence-corrected chi connectivity index (χ2v) is 6.22. The molecule has 0 fully saturated rings. The zero-order chi connectivity index (χ0) is 15.9. The Labute approximate surface area is 129 Å². The maximum Gasteiger partial charge on any atom is 0.167 e. The van der Waals surface area contributed by atoms with Crippen molar-refractivity contribution in [3.8, 4) is 11.5 Å². The summed E-state index contributed by atoms with van der Waals surface area (Å²) in [6, 6.07) is 4.13. The van der Waals surface area contributed by atoms with Crippen LogP contribution in [0.25, 0.3) is 22.6 Å². The Bertz CT molecular complexity index is 803. The number of Topliss-reactive ketones (excluding diaryl/α,β-unsaturated/α-hetero) is 1. The van der Waals surface area contributed by atoms with Gasteiger partial charge in [-0.2, -0.15) is 5.10 Å². The van der Waals surface area contributed by atoms with E-state index in [9.17, 15) is 4.79 Å². The molecule has 3 aromatic rings. The van der Waals surface area contributed by atoms with Crippen LogP contribution in [-0.4, -0.2) is 25.9 Å². The first-order chi connectivity index (χ1) is 10.5. The van der Waals surface area contributed by atoms with Gasteiger partial charge >= 0.3 is 0 Å². The first-order valence-electron chi connectivity index (χ1n) is 7.49. The molecule has 3 rings (SSSR count). The van der Waals surface area contributed by atoms with E-state index in [0.717, 1.165) is 11.0 Å². The van der Waals surface area contributed by atoms with E-state index in [4.69, 9.17) is 0 Å². The summed E-state index contributed by atoms with van der Waals surface area (Å²) in [6.45, 7) is 8.20. The third kappa shape index (κ3) is 2.54. The van der Waals surface area contributed by atoms with Gasteiger partial charge in [-0.15, -0.1) is 0 Å². The minimum Gasteiger partial charge on any atom is -0.337 e. The average molecular weight is 296 g/mol. The first kappa shape index (κ1) is 14.5. The molecule has 0 aliphatic heterocycles. The molecule has 114 valence electrons. The standard InChI is InChI=1S/C17H20N4O/c1-9(2)5-15(22)12-8-18-21-16(12)17-19-13-6-10(3)11(4)7-14(13)20-17/h6-9H,5H2,1-4H3,(H,18,21)(H,19,20). The molecule has 2 N–H and O–H groups in total. The van der Waals surface area contributed by atoms with Crippen LogP contribution in [0, 0.1) is 19.8 Å². The molecule has 5 nitrogen and oxygen atoms in total. The smallest absolute Gasteiger partial charge is 0.167 e. The molecule has 0 amide bonds. The summed E-state index contributed by atoms with van der Waals surface area (Å²) in [5, 5.41) is 6.93. The van der Waals surface area contributed by atoms with Crippen LogP contribution in [0.5, 0.6) is 0 Å². The summed E-state index contributed by atoms with van der Waals surface area (Å²) in [6.07, 6.45) is 2.09. The number of rotatable bonds is 4. The monoisotopic (exact) mass is 296 g/mol. The van der Waals surface area contributed by atoms with E-state index in [1.807, 2.05) is 13.8 Å². The van der Waals surface area contributed by atoms with Gasteiger partial charge < -0.3 is 4.98 Å². The maximum absolute atomic E-state index is 12.3. The molecule has 0 radical (unpaired) electrons. The fraction of sp³-hybridized carbons (Fsp3) is 0.353. The highest BCUT2D eigenvalue weighted by Crippen LogP contribution is 2.25. The highest BCUT2D eigenvalue weighted by atomic mass is 16.1. The molecule has 2 aromatic heterocycles. The maximum atomic E-state index is 12.3. The van der Waals surface area contributed by atoms with Crippen molar-refractivity contribution in [1.29, 1.82) is 0 Å². The number of nitrogens with zero attached hydrogens (tertiary/aromatic N) is 2. The molecule has 1 aromatic carbocycles. The number of fused-ring (bicyclic) bond motifs is 1. The summed E-state index contributed by atoms with van der Waals surface area (Å²) >= 11 is 0. The van der Waals surface area contributed by atoms with Crippen molar-refractivity contribution < 1.29 is 4.79 Å². The van der Waals surface area contributed by atoms with Crippen LogP contribution in [-0.2, 0) is 0 Å². The van der Waals surface area contributed by atoms with Gasteiger partial charge in [0.25, 0.3) is 0 Å². The Morgan fingerprint density at radius 3 is 2.68 bits per heavy atom. The minimum atomic E-state index is 0.0894. The second-order valence-electron chi connectivity index (χ2n) is 6.22. The molecule has 0 atom stereocenters. The van der Waals surface area contributed by atoms with Crippen molar-refractivity contribution in [2.24, 2.45) is 5.92 Å². The summed E-state index contributed by atoms with van der Waals surface area (Å²) < 4.78 is 0. The van der Waals surface area contributed by atoms with Crippen LogP contribution < -0.4 is 0 Å². The fourth-order valence-electron chi connectivity index (χ4n) is 2.55. The zero-order valence-electron chi connectivity index (χ0n) is 13.3.